The zero-order valence-corrected chi connectivity index (χ0v) is 11.7. The van der Waals surface area contributed by atoms with Crippen LogP contribution in [0.2, 0.25) is 0 Å². The Balaban J connectivity index is 1.49. The maximum atomic E-state index is 11.9. The van der Waals surface area contributed by atoms with Gasteiger partial charge in [0.05, 0.1) is 6.54 Å². The number of nitrogens with zero attached hydrogens (tertiary/aromatic N) is 1. The van der Waals surface area contributed by atoms with Gasteiger partial charge in [-0.25, -0.2) is 0 Å². The number of carbonyl (C=O) groups is 2. The summed E-state index contributed by atoms with van der Waals surface area (Å²) in [5.41, 5.74) is 0. The molecule has 6 nitrogen and oxygen atoms in total. The molecule has 112 valence electrons. The maximum absolute atomic E-state index is 11.9. The summed E-state index contributed by atoms with van der Waals surface area (Å²) in [7, 11) is 0. The van der Waals surface area contributed by atoms with E-state index >= 15 is 0 Å². The highest BCUT2D eigenvalue weighted by atomic mass is 16.6. The number of nitrogens with one attached hydrogen (secondary N) is 1. The summed E-state index contributed by atoms with van der Waals surface area (Å²) in [5.74, 6) is 0.339. The molecule has 0 saturated carbocycles. The summed E-state index contributed by atoms with van der Waals surface area (Å²) in [6, 6.07) is 7.39. The lowest BCUT2D eigenvalue weighted by atomic mass is 10.2. The van der Waals surface area contributed by atoms with Gasteiger partial charge in [0.1, 0.15) is 12.7 Å². The zero-order valence-electron chi connectivity index (χ0n) is 11.7. The van der Waals surface area contributed by atoms with Crippen molar-refractivity contribution in [3.05, 3.63) is 24.3 Å². The smallest absolute Gasteiger partial charge is 0.311 e. The average Bonchev–Trinajstić information content (AvgIpc) is 3.06. The second kappa shape index (κ2) is 6.03. The second-order valence-corrected chi connectivity index (χ2v) is 5.21. The second-order valence-electron chi connectivity index (χ2n) is 5.21. The zero-order chi connectivity index (χ0) is 14.7. The number of ether oxygens (including phenoxy) is 2. The van der Waals surface area contributed by atoms with E-state index < -0.39 is 11.8 Å². The summed E-state index contributed by atoms with van der Waals surface area (Å²) in [6.45, 7) is 1.95. The molecule has 1 N–H and O–H groups in total. The van der Waals surface area contributed by atoms with E-state index in [1.807, 2.05) is 24.3 Å². The Bertz CT molecular complexity index is 540. The van der Waals surface area contributed by atoms with E-state index in [4.69, 9.17) is 9.47 Å². The summed E-state index contributed by atoms with van der Waals surface area (Å²) in [6.07, 6.45) is 1.65. The van der Waals surface area contributed by atoms with E-state index in [0.717, 1.165) is 12.8 Å². The van der Waals surface area contributed by atoms with Crippen LogP contribution in [0.1, 0.15) is 12.8 Å². The van der Waals surface area contributed by atoms with E-state index in [2.05, 4.69) is 5.32 Å². The Morgan fingerprint density at radius 2 is 1.90 bits per heavy atom. The van der Waals surface area contributed by atoms with Crippen LogP contribution in [0, 0.1) is 0 Å². The molecule has 0 unspecified atom stereocenters. The minimum atomic E-state index is -0.570. The first-order valence-electron chi connectivity index (χ1n) is 7.19. The molecule has 1 saturated heterocycles. The Morgan fingerprint density at radius 3 is 2.67 bits per heavy atom. The fraction of sp³-hybridized carbons (Fsp3) is 0.467. The van der Waals surface area contributed by atoms with Crippen molar-refractivity contribution in [1.82, 2.24) is 10.2 Å². The molecular formula is C15H18N2O4. The first-order chi connectivity index (χ1) is 10.2. The molecule has 2 heterocycles. The quantitative estimate of drug-likeness (QED) is 0.808. The first-order valence-corrected chi connectivity index (χ1v) is 7.19. The highest BCUT2D eigenvalue weighted by Gasteiger charge is 2.26. The van der Waals surface area contributed by atoms with Gasteiger partial charge in [-0.05, 0) is 25.0 Å². The Kier molecular flexibility index (Phi) is 3.94. The van der Waals surface area contributed by atoms with Gasteiger partial charge in [0.15, 0.2) is 11.5 Å². The van der Waals surface area contributed by atoms with Crippen LogP contribution in [0.4, 0.5) is 0 Å². The van der Waals surface area contributed by atoms with Crippen LogP contribution < -0.4 is 14.8 Å². The third kappa shape index (κ3) is 3.09. The van der Waals surface area contributed by atoms with Gasteiger partial charge in [-0.3, -0.25) is 9.59 Å². The molecule has 0 aliphatic carbocycles. The van der Waals surface area contributed by atoms with Crippen LogP contribution in [0.15, 0.2) is 24.3 Å². The van der Waals surface area contributed by atoms with E-state index in [0.29, 0.717) is 31.2 Å². The van der Waals surface area contributed by atoms with Crippen LogP contribution in [0.25, 0.3) is 0 Å². The summed E-state index contributed by atoms with van der Waals surface area (Å²) >= 11 is 0. The molecular weight excluding hydrogens is 272 g/mol. The van der Waals surface area contributed by atoms with Crippen molar-refractivity contribution in [2.75, 3.05) is 26.2 Å². The standard InChI is InChI=1S/C15H18N2O4/c18-14(15(19)17-7-3-4-8-17)16-9-11-10-20-12-5-1-2-6-13(12)21-11/h1-2,5-6,11H,3-4,7-10H2,(H,16,18)/t11-/m0/s1. The maximum Gasteiger partial charge on any atom is 0.311 e. The van der Waals surface area contributed by atoms with Gasteiger partial charge in [-0.15, -0.1) is 0 Å². The number of para-hydroxylation sites is 2. The number of amides is 2. The number of likely N-dealkylation sites (tertiary alicyclic amines) is 1. The number of benzene rings is 1. The van der Waals surface area contributed by atoms with E-state index in [1.54, 1.807) is 4.90 Å². The highest BCUT2D eigenvalue weighted by molar-refractivity contribution is 6.35. The lowest BCUT2D eigenvalue weighted by Crippen LogP contribution is -2.46. The Morgan fingerprint density at radius 1 is 1.19 bits per heavy atom. The van der Waals surface area contributed by atoms with Gasteiger partial charge in [0.25, 0.3) is 0 Å². The lowest BCUT2D eigenvalue weighted by Gasteiger charge is -2.26. The monoisotopic (exact) mass is 290 g/mol. The van der Waals surface area contributed by atoms with Gasteiger partial charge in [0, 0.05) is 13.1 Å². The van der Waals surface area contributed by atoms with Crippen molar-refractivity contribution in [3.63, 3.8) is 0 Å². The Hall–Kier alpha value is -2.24. The van der Waals surface area contributed by atoms with Crippen LogP contribution in [0.3, 0.4) is 0 Å². The minimum absolute atomic E-state index is 0.257. The van der Waals surface area contributed by atoms with Gasteiger partial charge in [-0.2, -0.15) is 0 Å². The molecule has 1 fully saturated rings. The molecule has 1 aromatic carbocycles. The van der Waals surface area contributed by atoms with Gasteiger partial charge in [-0.1, -0.05) is 12.1 Å². The van der Waals surface area contributed by atoms with Crippen molar-refractivity contribution in [2.45, 2.75) is 18.9 Å². The van der Waals surface area contributed by atoms with Gasteiger partial charge in [0.2, 0.25) is 0 Å². The highest BCUT2D eigenvalue weighted by Crippen LogP contribution is 2.30. The van der Waals surface area contributed by atoms with Gasteiger partial charge < -0.3 is 19.7 Å². The molecule has 2 amide bonds. The van der Waals surface area contributed by atoms with E-state index in [1.165, 1.54) is 0 Å². The number of fused-ring (bicyclic) bond motifs is 1. The topological polar surface area (TPSA) is 67.9 Å². The fourth-order valence-corrected chi connectivity index (χ4v) is 2.51. The molecule has 0 radical (unpaired) electrons. The number of hydrogen-bond donors (Lipinski definition) is 1. The molecule has 2 aliphatic heterocycles. The Labute approximate surface area is 123 Å². The first kappa shape index (κ1) is 13.7. The van der Waals surface area contributed by atoms with Crippen LogP contribution in [-0.2, 0) is 9.59 Å². The summed E-state index contributed by atoms with van der Waals surface area (Å²) in [4.78, 5) is 25.3. The molecule has 1 aromatic rings. The molecule has 2 aliphatic rings. The molecule has 0 spiro atoms. The van der Waals surface area contributed by atoms with Crippen molar-refractivity contribution in [2.24, 2.45) is 0 Å². The lowest BCUT2D eigenvalue weighted by molar-refractivity contribution is -0.145. The number of hydrogen-bond acceptors (Lipinski definition) is 4. The fourth-order valence-electron chi connectivity index (χ4n) is 2.51. The number of rotatable bonds is 2. The van der Waals surface area contributed by atoms with Crippen molar-refractivity contribution in [3.8, 4) is 11.5 Å². The molecule has 21 heavy (non-hydrogen) atoms. The normalized spacial score (nSPS) is 20.2. The molecule has 0 aromatic heterocycles. The predicted molar refractivity (Wildman–Crippen MR) is 75.2 cm³/mol. The van der Waals surface area contributed by atoms with Crippen molar-refractivity contribution in [1.29, 1.82) is 0 Å². The van der Waals surface area contributed by atoms with Crippen LogP contribution >= 0.6 is 0 Å². The molecule has 0 bridgehead atoms. The van der Waals surface area contributed by atoms with Gasteiger partial charge >= 0.3 is 11.8 Å². The minimum Gasteiger partial charge on any atom is -0.486 e. The van der Waals surface area contributed by atoms with Crippen LogP contribution in [0.5, 0.6) is 11.5 Å². The third-order valence-corrected chi connectivity index (χ3v) is 3.65. The van der Waals surface area contributed by atoms with Crippen LogP contribution in [-0.4, -0.2) is 49.1 Å². The largest absolute Gasteiger partial charge is 0.486 e. The van der Waals surface area contributed by atoms with Crippen molar-refractivity contribution < 1.29 is 19.1 Å². The van der Waals surface area contributed by atoms with E-state index in [9.17, 15) is 9.59 Å². The van der Waals surface area contributed by atoms with E-state index in [-0.39, 0.29) is 12.6 Å². The summed E-state index contributed by atoms with van der Waals surface area (Å²) < 4.78 is 11.3. The average molecular weight is 290 g/mol. The SMILES string of the molecule is O=C(NC[C@H]1COc2ccccc2O1)C(=O)N1CCCC1. The third-order valence-electron chi connectivity index (χ3n) is 3.65. The summed E-state index contributed by atoms with van der Waals surface area (Å²) in [5, 5.41) is 2.62. The molecule has 1 atom stereocenters. The number of carbonyl (C=O) groups excluding carboxylic acids is 2. The predicted octanol–water partition coefficient (Wildman–Crippen LogP) is 0.565. The molecule has 3 rings (SSSR count). The molecule has 6 heteroatoms. The van der Waals surface area contributed by atoms with Crippen molar-refractivity contribution >= 4 is 11.8 Å².